The zero-order chi connectivity index (χ0) is 12.4. The molecule has 0 atom stereocenters. The molecular formula is C7H11N2NaO5S2. The molecule has 0 spiro atoms. The van der Waals surface area contributed by atoms with Gasteiger partial charge < -0.3 is 5.73 Å². The van der Waals surface area contributed by atoms with E-state index in [1.165, 1.54) is 24.3 Å². The Labute approximate surface area is 122 Å². The van der Waals surface area contributed by atoms with Gasteiger partial charge in [0.1, 0.15) is 0 Å². The molecule has 0 unspecified atom stereocenters. The van der Waals surface area contributed by atoms with E-state index in [1.807, 2.05) is 4.72 Å². The van der Waals surface area contributed by atoms with Gasteiger partial charge in [-0.1, -0.05) is 0 Å². The van der Waals surface area contributed by atoms with E-state index in [0.29, 0.717) is 11.9 Å². The molecule has 0 heterocycles. The molecule has 17 heavy (non-hydrogen) atoms. The van der Waals surface area contributed by atoms with Crippen LogP contribution in [0.4, 0.5) is 11.4 Å². The average Bonchev–Trinajstić information content (AvgIpc) is 2.04. The molecule has 1 aromatic rings. The van der Waals surface area contributed by atoms with Crippen LogP contribution in [0.5, 0.6) is 0 Å². The Morgan fingerprint density at radius 3 is 2.00 bits per heavy atom. The van der Waals surface area contributed by atoms with Crippen LogP contribution in [-0.2, 0) is 24.1 Å². The zero-order valence-electron chi connectivity index (χ0n) is 8.24. The van der Waals surface area contributed by atoms with E-state index in [-0.39, 0.29) is 35.2 Å². The van der Waals surface area contributed by atoms with Crippen molar-refractivity contribution in [2.24, 2.45) is 0 Å². The van der Waals surface area contributed by atoms with Crippen molar-refractivity contribution >= 4 is 61.4 Å². The van der Waals surface area contributed by atoms with Gasteiger partial charge in [0.2, 0.25) is 0 Å². The number of benzene rings is 1. The second kappa shape index (κ2) is 6.03. The number of hydrogen-bond donors (Lipinski definition) is 2. The number of nitrogens with two attached hydrogens (primary N) is 1. The van der Waals surface area contributed by atoms with Crippen molar-refractivity contribution in [2.45, 2.75) is 0 Å². The molecule has 0 aliphatic carbocycles. The second-order valence-corrected chi connectivity index (χ2v) is 6.02. The molecule has 0 radical (unpaired) electrons. The van der Waals surface area contributed by atoms with Crippen molar-refractivity contribution in [1.82, 2.24) is 0 Å². The summed E-state index contributed by atoms with van der Waals surface area (Å²) in [5, 5.41) is 0. The monoisotopic (exact) mass is 290 g/mol. The van der Waals surface area contributed by atoms with Gasteiger partial charge in [0.25, 0.3) is 10.1 Å². The van der Waals surface area contributed by atoms with Gasteiger partial charge in [0, 0.05) is 5.69 Å². The van der Waals surface area contributed by atoms with Crippen LogP contribution in [0.1, 0.15) is 0 Å². The molecule has 0 bridgehead atoms. The first kappa shape index (κ1) is 16.7. The Bertz CT molecular complexity index is 567. The molecule has 0 aromatic heterocycles. The first-order chi connectivity index (χ1) is 7.18. The Kier molecular flexibility index (Phi) is 5.91. The molecule has 0 aliphatic heterocycles. The van der Waals surface area contributed by atoms with Gasteiger partial charge in [0.15, 0.2) is 0 Å². The maximum atomic E-state index is 11.2. The van der Waals surface area contributed by atoms with E-state index >= 15 is 0 Å². The van der Waals surface area contributed by atoms with Gasteiger partial charge in [0.05, 0.1) is 11.9 Å². The van der Waals surface area contributed by atoms with Gasteiger partial charge in [-0.25, -0.2) is 0 Å². The molecule has 0 amide bonds. The van der Waals surface area contributed by atoms with Gasteiger partial charge in [-0.05, 0) is 24.3 Å². The number of hydrogen-bond acceptors (Lipinski definition) is 6. The van der Waals surface area contributed by atoms with Crippen LogP contribution in [0.3, 0.4) is 0 Å². The fourth-order valence-corrected chi connectivity index (χ4v) is 2.74. The molecule has 1 aromatic carbocycles. The molecule has 1 rings (SSSR count). The maximum absolute atomic E-state index is 11.2. The third-order valence-electron chi connectivity index (χ3n) is 1.37. The van der Waals surface area contributed by atoms with E-state index in [4.69, 9.17) is 5.73 Å². The van der Waals surface area contributed by atoms with Crippen molar-refractivity contribution < 1.29 is 20.5 Å². The molecule has 92 valence electrons. The molecule has 0 aliphatic rings. The molecule has 7 nitrogen and oxygen atoms in total. The summed E-state index contributed by atoms with van der Waals surface area (Å²) in [5.41, 5.74) is 5.99. The van der Waals surface area contributed by atoms with Crippen LogP contribution in [0, 0.1) is 0 Å². The molecule has 3 N–H and O–H groups in total. The standard InChI is InChI=1S/C7H10N2O5S2.Na.H/c1-15(10,11)14-16(12,13)9-7-4-2-6(8)3-5-7;;/h2-5,9H,8H2,1H3;;. The van der Waals surface area contributed by atoms with E-state index in [9.17, 15) is 16.8 Å². The first-order valence-corrected chi connectivity index (χ1v) is 7.20. The van der Waals surface area contributed by atoms with Crippen LogP contribution in [-0.4, -0.2) is 52.6 Å². The van der Waals surface area contributed by atoms with Crippen molar-refractivity contribution in [2.75, 3.05) is 16.7 Å². The Hall–Kier alpha value is -0.320. The minimum atomic E-state index is -4.38. The van der Waals surface area contributed by atoms with Crippen molar-refractivity contribution in [3.05, 3.63) is 24.3 Å². The van der Waals surface area contributed by atoms with Crippen LogP contribution < -0.4 is 10.5 Å². The predicted octanol–water partition coefficient (Wildman–Crippen LogP) is -0.747. The van der Waals surface area contributed by atoms with Gasteiger partial charge >= 0.3 is 39.9 Å². The number of nitrogen functional groups attached to an aromatic ring is 1. The van der Waals surface area contributed by atoms with E-state index in [2.05, 4.69) is 3.63 Å². The summed E-state index contributed by atoms with van der Waals surface area (Å²) >= 11 is 0. The summed E-state index contributed by atoms with van der Waals surface area (Å²) in [6.45, 7) is 0. The molecule has 10 heteroatoms. The SMILES string of the molecule is CS(=O)(=O)OS(=O)(=O)Nc1ccc(N)cc1.[NaH]. The zero-order valence-corrected chi connectivity index (χ0v) is 9.88. The van der Waals surface area contributed by atoms with E-state index in [0.717, 1.165) is 0 Å². The molecule has 0 saturated heterocycles. The molecule has 0 saturated carbocycles. The third kappa shape index (κ3) is 6.86. The third-order valence-corrected chi connectivity index (χ3v) is 3.56. The van der Waals surface area contributed by atoms with Crippen molar-refractivity contribution in [3.63, 3.8) is 0 Å². The fraction of sp³-hybridized carbons (Fsp3) is 0.143. The minimum absolute atomic E-state index is 0. The van der Waals surface area contributed by atoms with E-state index < -0.39 is 20.4 Å². The summed E-state index contributed by atoms with van der Waals surface area (Å²) in [6.07, 6.45) is 0.634. The summed E-state index contributed by atoms with van der Waals surface area (Å²) in [4.78, 5) is 0. The Morgan fingerprint density at radius 2 is 1.59 bits per heavy atom. The predicted molar refractivity (Wildman–Crippen MR) is 66.5 cm³/mol. The first-order valence-electron chi connectivity index (χ1n) is 3.97. The number of rotatable bonds is 4. The average molecular weight is 290 g/mol. The Morgan fingerprint density at radius 1 is 1.12 bits per heavy atom. The number of anilines is 2. The fourth-order valence-electron chi connectivity index (χ4n) is 0.875. The van der Waals surface area contributed by atoms with Gasteiger partial charge in [-0.3, -0.25) is 4.72 Å². The molecule has 0 fully saturated rings. The van der Waals surface area contributed by atoms with Gasteiger partial charge in [-0.15, -0.1) is 3.63 Å². The second-order valence-electron chi connectivity index (χ2n) is 2.95. The van der Waals surface area contributed by atoms with Crippen LogP contribution in [0.15, 0.2) is 24.3 Å². The Balaban J connectivity index is 0.00000256. The number of nitrogens with one attached hydrogen (secondary N) is 1. The molecular weight excluding hydrogens is 279 g/mol. The van der Waals surface area contributed by atoms with Crippen LogP contribution >= 0.6 is 0 Å². The van der Waals surface area contributed by atoms with Crippen LogP contribution in [0.25, 0.3) is 0 Å². The summed E-state index contributed by atoms with van der Waals surface area (Å²) in [5.74, 6) is 0. The summed E-state index contributed by atoms with van der Waals surface area (Å²) in [7, 11) is -8.47. The summed E-state index contributed by atoms with van der Waals surface area (Å²) in [6, 6.07) is 5.66. The van der Waals surface area contributed by atoms with E-state index in [1.54, 1.807) is 0 Å². The van der Waals surface area contributed by atoms with Crippen molar-refractivity contribution in [1.29, 1.82) is 0 Å². The van der Waals surface area contributed by atoms with Gasteiger partial charge in [-0.2, -0.15) is 16.8 Å². The quantitative estimate of drug-likeness (QED) is 0.557. The topological polar surface area (TPSA) is 116 Å². The summed E-state index contributed by atoms with van der Waals surface area (Å²) < 4.78 is 49.4. The van der Waals surface area contributed by atoms with Crippen LogP contribution in [0.2, 0.25) is 0 Å². The van der Waals surface area contributed by atoms with Crippen molar-refractivity contribution in [3.8, 4) is 0 Å². The normalized spacial score (nSPS) is 11.6.